The summed E-state index contributed by atoms with van der Waals surface area (Å²) in [6, 6.07) is 0. The van der Waals surface area contributed by atoms with Crippen molar-refractivity contribution in [3.05, 3.63) is 24.3 Å². The molecule has 0 rings (SSSR count). The monoisotopic (exact) mass is 1140 g/mol. The SMILES string of the molecule is CCCCCCC/C=C\C/C=C\CCCCCCCCCCCCCCCCCC(=O)OCC(COC(=O)CCCCCCCCCCCCCCC)OC(=O)CCCCCCCCCCCCCCCCCCCCCCCCC. The maximum absolute atomic E-state index is 13.0. The Labute approximate surface area is 506 Å². The van der Waals surface area contributed by atoms with Crippen LogP contribution in [0.25, 0.3) is 0 Å². The zero-order chi connectivity index (χ0) is 58.5. The lowest BCUT2D eigenvalue weighted by atomic mass is 10.0. The van der Waals surface area contributed by atoms with E-state index >= 15 is 0 Å². The molecule has 0 radical (unpaired) electrons. The summed E-state index contributed by atoms with van der Waals surface area (Å²) in [5, 5.41) is 0. The highest BCUT2D eigenvalue weighted by atomic mass is 16.6. The molecule has 0 saturated carbocycles. The van der Waals surface area contributed by atoms with Gasteiger partial charge in [-0.3, -0.25) is 14.4 Å². The molecule has 0 aliphatic carbocycles. The van der Waals surface area contributed by atoms with Crippen molar-refractivity contribution in [2.75, 3.05) is 13.2 Å². The number of rotatable bonds is 69. The van der Waals surface area contributed by atoms with Gasteiger partial charge in [0, 0.05) is 19.3 Å². The zero-order valence-corrected chi connectivity index (χ0v) is 55.1. The quantitative estimate of drug-likeness (QED) is 0.0261. The lowest BCUT2D eigenvalue weighted by Crippen LogP contribution is -2.30. The van der Waals surface area contributed by atoms with Crippen LogP contribution in [0.2, 0.25) is 0 Å². The number of hydrogen-bond acceptors (Lipinski definition) is 6. The van der Waals surface area contributed by atoms with Crippen molar-refractivity contribution in [2.24, 2.45) is 0 Å². The van der Waals surface area contributed by atoms with E-state index in [1.807, 2.05) is 0 Å². The fourth-order valence-corrected chi connectivity index (χ4v) is 11.4. The highest BCUT2D eigenvalue weighted by Gasteiger charge is 2.20. The van der Waals surface area contributed by atoms with Crippen molar-refractivity contribution in [2.45, 2.75) is 425 Å². The molecule has 0 heterocycles. The minimum absolute atomic E-state index is 0.0635. The smallest absolute Gasteiger partial charge is 0.306 e. The van der Waals surface area contributed by atoms with E-state index in [4.69, 9.17) is 14.2 Å². The van der Waals surface area contributed by atoms with Gasteiger partial charge in [-0.2, -0.15) is 0 Å². The van der Waals surface area contributed by atoms with Crippen LogP contribution in [0.3, 0.4) is 0 Å². The maximum atomic E-state index is 13.0. The summed E-state index contributed by atoms with van der Waals surface area (Å²) in [5.41, 5.74) is 0. The predicted molar refractivity (Wildman–Crippen MR) is 353 cm³/mol. The molecule has 1 unspecified atom stereocenters. The molecule has 0 saturated heterocycles. The third-order valence-electron chi connectivity index (χ3n) is 17.0. The molecule has 0 amide bonds. The largest absolute Gasteiger partial charge is 0.462 e. The molecule has 0 spiro atoms. The van der Waals surface area contributed by atoms with E-state index in [9.17, 15) is 14.4 Å². The van der Waals surface area contributed by atoms with Gasteiger partial charge < -0.3 is 14.2 Å². The molecule has 0 aliphatic rings. The fourth-order valence-electron chi connectivity index (χ4n) is 11.4. The average molecular weight is 1140 g/mol. The maximum Gasteiger partial charge on any atom is 0.306 e. The first-order valence-electron chi connectivity index (χ1n) is 36.8. The molecule has 0 fully saturated rings. The van der Waals surface area contributed by atoms with E-state index in [-0.39, 0.29) is 31.1 Å². The van der Waals surface area contributed by atoms with Crippen LogP contribution in [0.5, 0.6) is 0 Å². The molecule has 0 N–H and O–H groups in total. The minimum atomic E-state index is -0.767. The van der Waals surface area contributed by atoms with Gasteiger partial charge in [0.25, 0.3) is 0 Å². The van der Waals surface area contributed by atoms with E-state index in [1.165, 1.54) is 315 Å². The van der Waals surface area contributed by atoms with Crippen LogP contribution in [0.1, 0.15) is 419 Å². The Kier molecular flexibility index (Phi) is 68.5. The van der Waals surface area contributed by atoms with E-state index < -0.39 is 6.10 Å². The summed E-state index contributed by atoms with van der Waals surface area (Å²) < 4.78 is 17.0. The van der Waals surface area contributed by atoms with Crippen molar-refractivity contribution in [1.29, 1.82) is 0 Å². The molecule has 0 aromatic carbocycles. The van der Waals surface area contributed by atoms with Crippen molar-refractivity contribution in [3.8, 4) is 0 Å². The van der Waals surface area contributed by atoms with Gasteiger partial charge in [-0.15, -0.1) is 0 Å². The molecule has 6 nitrogen and oxygen atoms in total. The summed E-state index contributed by atoms with van der Waals surface area (Å²) in [6.45, 7) is 6.72. The summed E-state index contributed by atoms with van der Waals surface area (Å²) in [4.78, 5) is 38.5. The highest BCUT2D eigenvalue weighted by Crippen LogP contribution is 2.19. The second-order valence-electron chi connectivity index (χ2n) is 25.2. The molecule has 0 aromatic rings. The first kappa shape index (κ1) is 78.9. The number of hydrogen-bond donors (Lipinski definition) is 0. The zero-order valence-electron chi connectivity index (χ0n) is 55.1. The van der Waals surface area contributed by atoms with Gasteiger partial charge in [0.2, 0.25) is 0 Å². The molecule has 81 heavy (non-hydrogen) atoms. The van der Waals surface area contributed by atoms with Gasteiger partial charge in [-0.25, -0.2) is 0 Å². The Hall–Kier alpha value is -2.11. The van der Waals surface area contributed by atoms with E-state index in [0.29, 0.717) is 19.3 Å². The van der Waals surface area contributed by atoms with Crippen LogP contribution >= 0.6 is 0 Å². The van der Waals surface area contributed by atoms with Crippen LogP contribution in [-0.2, 0) is 28.6 Å². The molecular formula is C75H142O6. The fraction of sp³-hybridized carbons (Fsp3) is 0.907. The second-order valence-corrected chi connectivity index (χ2v) is 25.2. The molecule has 0 aromatic heterocycles. The number of carbonyl (C=O) groups excluding carboxylic acids is 3. The number of unbranched alkanes of at least 4 members (excludes halogenated alkanes) is 54. The normalized spacial score (nSPS) is 12.1. The first-order chi connectivity index (χ1) is 40.0. The second kappa shape index (κ2) is 70.4. The lowest BCUT2D eigenvalue weighted by molar-refractivity contribution is -0.167. The Bertz CT molecular complexity index is 1310. The van der Waals surface area contributed by atoms with Crippen molar-refractivity contribution in [3.63, 3.8) is 0 Å². The Morgan fingerprint density at radius 2 is 0.444 bits per heavy atom. The summed E-state index contributed by atoms with van der Waals surface area (Å²) >= 11 is 0. The first-order valence-corrected chi connectivity index (χ1v) is 36.8. The van der Waals surface area contributed by atoms with Crippen molar-refractivity contribution < 1.29 is 28.6 Å². The number of allylic oxidation sites excluding steroid dienone is 4. The summed E-state index contributed by atoms with van der Waals surface area (Å²) in [7, 11) is 0. The lowest BCUT2D eigenvalue weighted by Gasteiger charge is -2.18. The Morgan fingerprint density at radius 1 is 0.247 bits per heavy atom. The van der Waals surface area contributed by atoms with Gasteiger partial charge in [0.05, 0.1) is 0 Å². The standard InChI is InChI=1S/C75H142O6/c1-4-7-10-13-16-19-22-25-27-29-31-33-35-36-37-38-40-41-43-45-47-50-53-56-59-62-65-68-74(77)80-71-72(70-79-73(76)67-64-61-58-55-52-49-24-21-18-15-12-9-6-3)81-75(78)69-66-63-60-57-54-51-48-46-44-42-39-34-32-30-28-26-23-20-17-14-11-8-5-2/h22,25,29,31,72H,4-21,23-24,26-28,30,32-71H2,1-3H3/b25-22-,31-29-. The number of carbonyl (C=O) groups is 3. The van der Waals surface area contributed by atoms with Crippen LogP contribution < -0.4 is 0 Å². The Balaban J connectivity index is 4.19. The van der Waals surface area contributed by atoms with Crippen molar-refractivity contribution >= 4 is 17.9 Å². The molecule has 6 heteroatoms. The Morgan fingerprint density at radius 3 is 0.679 bits per heavy atom. The van der Waals surface area contributed by atoms with E-state index in [0.717, 1.165) is 64.2 Å². The van der Waals surface area contributed by atoms with Crippen molar-refractivity contribution in [1.82, 2.24) is 0 Å². The van der Waals surface area contributed by atoms with Gasteiger partial charge in [-0.05, 0) is 51.4 Å². The molecule has 0 aliphatic heterocycles. The van der Waals surface area contributed by atoms with Crippen LogP contribution in [0.15, 0.2) is 24.3 Å². The molecule has 0 bridgehead atoms. The third kappa shape index (κ3) is 68.6. The van der Waals surface area contributed by atoms with Crippen LogP contribution in [0, 0.1) is 0 Å². The van der Waals surface area contributed by atoms with Crippen LogP contribution in [-0.4, -0.2) is 37.2 Å². The van der Waals surface area contributed by atoms with Gasteiger partial charge in [0.1, 0.15) is 13.2 Å². The van der Waals surface area contributed by atoms with E-state index in [1.54, 1.807) is 0 Å². The molecule has 1 atom stereocenters. The predicted octanol–water partition coefficient (Wildman–Crippen LogP) is 25.3. The summed E-state index contributed by atoms with van der Waals surface area (Å²) in [6.07, 6.45) is 86.5. The van der Waals surface area contributed by atoms with Gasteiger partial charge in [0.15, 0.2) is 6.10 Å². The minimum Gasteiger partial charge on any atom is -0.462 e. The summed E-state index contributed by atoms with van der Waals surface area (Å²) in [5.74, 6) is -0.828. The number of ether oxygens (including phenoxy) is 3. The van der Waals surface area contributed by atoms with Gasteiger partial charge in [-0.1, -0.05) is 373 Å². The number of esters is 3. The molecular weight excluding hydrogens is 997 g/mol. The molecule has 478 valence electrons. The highest BCUT2D eigenvalue weighted by molar-refractivity contribution is 5.71. The average Bonchev–Trinajstić information content (AvgIpc) is 3.46. The van der Waals surface area contributed by atoms with E-state index in [2.05, 4.69) is 45.1 Å². The topological polar surface area (TPSA) is 78.9 Å². The third-order valence-corrected chi connectivity index (χ3v) is 17.0. The van der Waals surface area contributed by atoms with Gasteiger partial charge >= 0.3 is 17.9 Å². The van der Waals surface area contributed by atoms with Crippen LogP contribution in [0.4, 0.5) is 0 Å².